The summed E-state index contributed by atoms with van der Waals surface area (Å²) in [5.41, 5.74) is 0.945. The van der Waals surface area contributed by atoms with Crippen LogP contribution < -0.4 is 0 Å². The predicted octanol–water partition coefficient (Wildman–Crippen LogP) is 4.55. The molecule has 0 saturated carbocycles. The van der Waals surface area contributed by atoms with E-state index >= 15 is 0 Å². The molecule has 3 heterocycles. The topological polar surface area (TPSA) is 48.2 Å². The summed E-state index contributed by atoms with van der Waals surface area (Å²) in [5, 5.41) is 2.08. The van der Waals surface area contributed by atoms with Crippen LogP contribution in [-0.4, -0.2) is 28.4 Å². The highest BCUT2D eigenvalue weighted by atomic mass is 32.2. The zero-order valence-electron chi connectivity index (χ0n) is 12.8. The van der Waals surface area contributed by atoms with Crippen molar-refractivity contribution in [2.45, 2.75) is 30.4 Å². The van der Waals surface area contributed by atoms with Crippen LogP contribution in [0.15, 0.2) is 52.1 Å². The first-order valence-corrected chi connectivity index (χ1v) is 8.94. The number of nitrogens with zero attached hydrogens (tertiary/aromatic N) is 2. The maximum Gasteiger partial charge on any atom is 0.197 e. The number of thioether (sulfide) groups is 1. The second-order valence-electron chi connectivity index (χ2n) is 5.65. The van der Waals surface area contributed by atoms with Crippen LogP contribution in [0.4, 0.5) is 0 Å². The Labute approximate surface area is 139 Å². The fraction of sp³-hybridized carbons (Fsp3) is 0.333. The van der Waals surface area contributed by atoms with E-state index in [2.05, 4.69) is 11.1 Å². The van der Waals surface area contributed by atoms with E-state index in [1.165, 1.54) is 12.8 Å². The first-order chi connectivity index (χ1) is 11.4. The van der Waals surface area contributed by atoms with Gasteiger partial charge in [0.2, 0.25) is 0 Å². The van der Waals surface area contributed by atoms with Crippen molar-refractivity contribution in [3.05, 3.63) is 42.7 Å². The van der Waals surface area contributed by atoms with E-state index in [4.69, 9.17) is 14.1 Å². The van der Waals surface area contributed by atoms with Crippen molar-refractivity contribution in [2.24, 2.45) is 0 Å². The van der Waals surface area contributed by atoms with Crippen LogP contribution in [0.5, 0.6) is 0 Å². The highest BCUT2D eigenvalue weighted by Crippen LogP contribution is 2.30. The lowest BCUT2D eigenvalue weighted by molar-refractivity contribution is 0.0315. The van der Waals surface area contributed by atoms with E-state index in [1.54, 1.807) is 18.0 Å². The lowest BCUT2D eigenvalue weighted by Gasteiger charge is -2.22. The Morgan fingerprint density at radius 3 is 2.87 bits per heavy atom. The average Bonchev–Trinajstić information content (AvgIpc) is 3.15. The minimum Gasteiger partial charge on any atom is -0.461 e. The van der Waals surface area contributed by atoms with Crippen molar-refractivity contribution in [1.29, 1.82) is 0 Å². The van der Waals surface area contributed by atoms with E-state index in [-0.39, 0.29) is 0 Å². The zero-order valence-corrected chi connectivity index (χ0v) is 13.6. The van der Waals surface area contributed by atoms with Crippen molar-refractivity contribution in [1.82, 2.24) is 9.97 Å². The maximum atomic E-state index is 5.83. The van der Waals surface area contributed by atoms with Gasteiger partial charge in [0.05, 0.1) is 17.9 Å². The van der Waals surface area contributed by atoms with E-state index < -0.39 is 0 Å². The number of aromatic nitrogens is 2. The minimum atomic E-state index is 0.328. The van der Waals surface area contributed by atoms with Crippen LogP contribution in [0, 0.1) is 0 Å². The lowest BCUT2D eigenvalue weighted by Crippen LogP contribution is -2.21. The largest absolute Gasteiger partial charge is 0.461 e. The standard InChI is InChI=1S/C18H18N2O2S/c1-2-8-15-14(7-1)18(23-12-13-6-3-4-10-21-13)20-17(19-15)16-9-5-11-22-16/h1-2,5,7-9,11,13H,3-4,6,10,12H2. The van der Waals surface area contributed by atoms with Crippen LogP contribution in [0.3, 0.4) is 0 Å². The summed E-state index contributed by atoms with van der Waals surface area (Å²) in [5.74, 6) is 2.27. The van der Waals surface area contributed by atoms with Gasteiger partial charge in [-0.05, 0) is 37.5 Å². The molecule has 0 aliphatic carbocycles. The first-order valence-electron chi connectivity index (χ1n) is 7.95. The third-order valence-electron chi connectivity index (χ3n) is 3.99. The van der Waals surface area contributed by atoms with Gasteiger partial charge in [0, 0.05) is 17.7 Å². The van der Waals surface area contributed by atoms with Gasteiger partial charge in [0.1, 0.15) is 5.03 Å². The Bertz CT molecular complexity index is 783. The van der Waals surface area contributed by atoms with Gasteiger partial charge in [0.25, 0.3) is 0 Å². The molecule has 4 nitrogen and oxygen atoms in total. The third kappa shape index (κ3) is 3.26. The van der Waals surface area contributed by atoms with Gasteiger partial charge < -0.3 is 9.15 Å². The Morgan fingerprint density at radius 1 is 1.09 bits per heavy atom. The Kier molecular flexibility index (Phi) is 4.30. The molecule has 1 saturated heterocycles. The quantitative estimate of drug-likeness (QED) is 0.520. The van der Waals surface area contributed by atoms with Gasteiger partial charge in [-0.2, -0.15) is 0 Å². The molecule has 1 fully saturated rings. The van der Waals surface area contributed by atoms with Crippen molar-refractivity contribution >= 4 is 22.7 Å². The zero-order chi connectivity index (χ0) is 15.5. The molecular weight excluding hydrogens is 308 g/mol. The van der Waals surface area contributed by atoms with E-state index in [9.17, 15) is 0 Å². The second-order valence-corrected chi connectivity index (χ2v) is 6.66. The number of benzene rings is 1. The molecule has 0 N–H and O–H groups in total. The smallest absolute Gasteiger partial charge is 0.197 e. The summed E-state index contributed by atoms with van der Waals surface area (Å²) < 4.78 is 11.3. The van der Waals surface area contributed by atoms with E-state index in [0.717, 1.165) is 34.7 Å². The summed E-state index contributed by atoms with van der Waals surface area (Å²) in [6, 6.07) is 11.9. The summed E-state index contributed by atoms with van der Waals surface area (Å²) in [7, 11) is 0. The predicted molar refractivity (Wildman–Crippen MR) is 91.6 cm³/mol. The number of para-hydroxylation sites is 1. The molecule has 1 aromatic carbocycles. The molecule has 1 aliphatic heterocycles. The lowest BCUT2D eigenvalue weighted by atomic mass is 10.1. The monoisotopic (exact) mass is 326 g/mol. The van der Waals surface area contributed by atoms with Gasteiger partial charge in [-0.1, -0.05) is 18.2 Å². The average molecular weight is 326 g/mol. The Morgan fingerprint density at radius 2 is 2.04 bits per heavy atom. The van der Waals surface area contributed by atoms with Gasteiger partial charge >= 0.3 is 0 Å². The maximum absolute atomic E-state index is 5.83. The van der Waals surface area contributed by atoms with Crippen LogP contribution in [0.25, 0.3) is 22.5 Å². The molecular formula is C18H18N2O2S. The molecule has 118 valence electrons. The molecule has 3 aromatic rings. The number of fused-ring (bicyclic) bond motifs is 1. The molecule has 0 spiro atoms. The molecule has 1 unspecified atom stereocenters. The molecule has 0 bridgehead atoms. The second kappa shape index (κ2) is 6.72. The summed E-state index contributed by atoms with van der Waals surface area (Å²) in [6.45, 7) is 0.882. The van der Waals surface area contributed by atoms with Gasteiger partial charge in [0.15, 0.2) is 11.6 Å². The summed E-state index contributed by atoms with van der Waals surface area (Å²) >= 11 is 1.75. The number of ether oxygens (including phenoxy) is 1. The van der Waals surface area contributed by atoms with Crippen molar-refractivity contribution < 1.29 is 9.15 Å². The summed E-state index contributed by atoms with van der Waals surface area (Å²) in [4.78, 5) is 9.35. The minimum absolute atomic E-state index is 0.328. The van der Waals surface area contributed by atoms with Crippen LogP contribution in [0.1, 0.15) is 19.3 Å². The fourth-order valence-electron chi connectivity index (χ4n) is 2.78. The molecule has 0 radical (unpaired) electrons. The van der Waals surface area contributed by atoms with Crippen molar-refractivity contribution in [2.75, 3.05) is 12.4 Å². The van der Waals surface area contributed by atoms with Crippen molar-refractivity contribution in [3.63, 3.8) is 0 Å². The molecule has 1 aliphatic rings. The van der Waals surface area contributed by atoms with Crippen LogP contribution >= 0.6 is 11.8 Å². The molecule has 5 heteroatoms. The molecule has 1 atom stereocenters. The van der Waals surface area contributed by atoms with Gasteiger partial charge in [-0.15, -0.1) is 11.8 Å². The van der Waals surface area contributed by atoms with E-state index in [0.29, 0.717) is 17.7 Å². The molecule has 4 rings (SSSR count). The Balaban J connectivity index is 1.66. The third-order valence-corrected chi connectivity index (χ3v) is 5.11. The SMILES string of the molecule is c1coc(-c2nc(SCC3CCCCO3)c3ccccc3n2)c1. The van der Waals surface area contributed by atoms with Crippen LogP contribution in [-0.2, 0) is 4.74 Å². The number of hydrogen-bond acceptors (Lipinski definition) is 5. The van der Waals surface area contributed by atoms with Crippen molar-refractivity contribution in [3.8, 4) is 11.6 Å². The molecule has 0 amide bonds. The number of rotatable bonds is 4. The van der Waals surface area contributed by atoms with Gasteiger partial charge in [-0.25, -0.2) is 9.97 Å². The normalized spacial score (nSPS) is 18.3. The highest BCUT2D eigenvalue weighted by Gasteiger charge is 2.17. The molecule has 2 aromatic heterocycles. The first kappa shape index (κ1) is 14.7. The fourth-order valence-corrected chi connectivity index (χ4v) is 3.87. The number of furan rings is 1. The van der Waals surface area contributed by atoms with Gasteiger partial charge in [-0.3, -0.25) is 0 Å². The molecule has 23 heavy (non-hydrogen) atoms. The van der Waals surface area contributed by atoms with E-state index in [1.807, 2.05) is 30.3 Å². The highest BCUT2D eigenvalue weighted by molar-refractivity contribution is 7.99. The number of hydrogen-bond donors (Lipinski definition) is 0. The van der Waals surface area contributed by atoms with Crippen LogP contribution in [0.2, 0.25) is 0 Å². The Hall–Kier alpha value is -1.85. The summed E-state index contributed by atoms with van der Waals surface area (Å²) in [6.07, 6.45) is 5.56.